The zero-order chi connectivity index (χ0) is 15.8. The Morgan fingerprint density at radius 3 is 2.52 bits per heavy atom. The van der Waals surface area contributed by atoms with Crippen molar-refractivity contribution < 1.29 is 14.5 Å². The normalized spacial score (nSPS) is 12.0. The second-order valence-corrected chi connectivity index (χ2v) is 3.82. The van der Waals surface area contributed by atoms with E-state index < -0.39 is 11.0 Å². The molecule has 0 saturated carbocycles. The maximum atomic E-state index is 10.2. The molecule has 0 aromatic heterocycles. The third-order valence-electron chi connectivity index (χ3n) is 2.54. The zero-order valence-electron chi connectivity index (χ0n) is 12.0. The number of methoxy groups -OCH3 is 2. The molecular formula is C12H17N5O4. The lowest BCUT2D eigenvalue weighted by atomic mass is 10.1. The Balaban J connectivity index is 3.07. The maximum Gasteiger partial charge on any atom is 0.275 e. The van der Waals surface area contributed by atoms with Gasteiger partial charge in [-0.25, -0.2) is 10.1 Å². The van der Waals surface area contributed by atoms with E-state index in [0.717, 1.165) is 5.56 Å². The SMILES string of the molecule is CC/C(=N/N=C(\N)N[N+](=O)[O-])c1ccc(OC)c(OC)c1. The lowest BCUT2D eigenvalue weighted by molar-refractivity contribution is -0.525. The number of nitrogens with two attached hydrogens (primary N) is 1. The highest BCUT2D eigenvalue weighted by Crippen LogP contribution is 2.28. The molecule has 0 aliphatic rings. The molecule has 0 unspecified atom stereocenters. The van der Waals surface area contributed by atoms with Crippen LogP contribution in [0.3, 0.4) is 0 Å². The Bertz CT molecular complexity index is 571. The summed E-state index contributed by atoms with van der Waals surface area (Å²) in [5, 5.41) is 16.9. The molecule has 0 aliphatic heterocycles. The Morgan fingerprint density at radius 1 is 1.33 bits per heavy atom. The van der Waals surface area contributed by atoms with Gasteiger partial charge in [0.2, 0.25) is 0 Å². The minimum atomic E-state index is -0.809. The average Bonchev–Trinajstić information content (AvgIpc) is 2.46. The lowest BCUT2D eigenvalue weighted by Crippen LogP contribution is -2.35. The number of hydrogen-bond donors (Lipinski definition) is 2. The van der Waals surface area contributed by atoms with Crippen molar-refractivity contribution in [3.8, 4) is 11.5 Å². The van der Waals surface area contributed by atoms with Crippen LogP contribution in [0, 0.1) is 10.1 Å². The minimum Gasteiger partial charge on any atom is -0.493 e. The van der Waals surface area contributed by atoms with Gasteiger partial charge in [-0.15, -0.1) is 5.10 Å². The van der Waals surface area contributed by atoms with E-state index in [9.17, 15) is 10.1 Å². The first-order valence-electron chi connectivity index (χ1n) is 6.05. The molecule has 0 spiro atoms. The average molecular weight is 295 g/mol. The Labute approximate surface area is 121 Å². The standard InChI is InChI=1S/C12H17N5O4/c1-4-9(14-15-12(13)16-17(18)19)8-5-6-10(20-2)11(7-8)21-3/h5-7H,4H2,1-3H3,(H3,13,15,16)/b14-9-. The van der Waals surface area contributed by atoms with E-state index in [1.54, 1.807) is 30.7 Å². The molecule has 0 bridgehead atoms. The summed E-state index contributed by atoms with van der Waals surface area (Å²) >= 11 is 0. The summed E-state index contributed by atoms with van der Waals surface area (Å²) in [6, 6.07) is 5.27. The molecule has 1 aromatic rings. The fourth-order valence-electron chi connectivity index (χ4n) is 1.58. The van der Waals surface area contributed by atoms with E-state index in [1.807, 2.05) is 6.92 Å². The highest BCUT2D eigenvalue weighted by Gasteiger charge is 2.08. The van der Waals surface area contributed by atoms with Crippen LogP contribution in [-0.2, 0) is 0 Å². The number of ether oxygens (including phenoxy) is 2. The number of hydrazine groups is 1. The highest BCUT2D eigenvalue weighted by atomic mass is 16.7. The van der Waals surface area contributed by atoms with Crippen molar-refractivity contribution in [2.45, 2.75) is 13.3 Å². The first-order valence-corrected chi connectivity index (χ1v) is 6.05. The van der Waals surface area contributed by atoms with E-state index in [4.69, 9.17) is 15.2 Å². The van der Waals surface area contributed by atoms with Gasteiger partial charge in [-0.05, 0) is 24.6 Å². The predicted molar refractivity (Wildman–Crippen MR) is 78.1 cm³/mol. The molecule has 9 heteroatoms. The number of hydrogen-bond acceptors (Lipinski definition) is 6. The monoisotopic (exact) mass is 295 g/mol. The first kappa shape index (κ1) is 16.2. The molecule has 1 aromatic carbocycles. The van der Waals surface area contributed by atoms with Crippen molar-refractivity contribution in [2.24, 2.45) is 15.9 Å². The molecule has 114 valence electrons. The molecule has 21 heavy (non-hydrogen) atoms. The number of rotatable bonds is 6. The number of benzene rings is 1. The van der Waals surface area contributed by atoms with Crippen molar-refractivity contribution >= 4 is 11.7 Å². The Morgan fingerprint density at radius 2 is 2.00 bits per heavy atom. The van der Waals surface area contributed by atoms with Crippen LogP contribution in [0.1, 0.15) is 18.9 Å². The maximum absolute atomic E-state index is 10.2. The van der Waals surface area contributed by atoms with E-state index in [0.29, 0.717) is 23.6 Å². The summed E-state index contributed by atoms with van der Waals surface area (Å²) in [7, 11) is 3.07. The van der Waals surface area contributed by atoms with Gasteiger partial charge in [0.05, 0.1) is 19.9 Å². The van der Waals surface area contributed by atoms with Crippen molar-refractivity contribution in [1.29, 1.82) is 0 Å². The first-order chi connectivity index (χ1) is 10.0. The van der Waals surface area contributed by atoms with Crippen molar-refractivity contribution in [3.63, 3.8) is 0 Å². The predicted octanol–water partition coefficient (Wildman–Crippen LogP) is 0.914. The highest BCUT2D eigenvalue weighted by molar-refractivity contribution is 6.01. The van der Waals surface area contributed by atoms with Gasteiger partial charge in [0.1, 0.15) is 0 Å². The molecule has 0 fully saturated rings. The van der Waals surface area contributed by atoms with Crippen molar-refractivity contribution in [2.75, 3.05) is 14.2 Å². The zero-order valence-corrected chi connectivity index (χ0v) is 12.0. The molecule has 0 saturated heterocycles. The second kappa shape index (κ2) is 7.68. The van der Waals surface area contributed by atoms with E-state index in [-0.39, 0.29) is 0 Å². The molecule has 0 aliphatic carbocycles. The van der Waals surface area contributed by atoms with Gasteiger partial charge in [0.15, 0.2) is 16.5 Å². The molecule has 0 radical (unpaired) electrons. The van der Waals surface area contributed by atoms with Gasteiger partial charge >= 0.3 is 0 Å². The smallest absolute Gasteiger partial charge is 0.275 e. The summed E-state index contributed by atoms with van der Waals surface area (Å²) in [6.07, 6.45) is 0.560. The topological polar surface area (TPSA) is 124 Å². The van der Waals surface area contributed by atoms with E-state index >= 15 is 0 Å². The number of nitrogens with zero attached hydrogens (tertiary/aromatic N) is 3. The van der Waals surface area contributed by atoms with Crippen LogP contribution in [0.5, 0.6) is 11.5 Å². The van der Waals surface area contributed by atoms with Crippen LogP contribution in [0.15, 0.2) is 28.4 Å². The summed E-state index contributed by atoms with van der Waals surface area (Å²) in [4.78, 5) is 10.2. The van der Waals surface area contributed by atoms with Gasteiger partial charge in [0.25, 0.3) is 5.96 Å². The molecule has 0 amide bonds. The largest absolute Gasteiger partial charge is 0.493 e. The second-order valence-electron chi connectivity index (χ2n) is 3.82. The van der Waals surface area contributed by atoms with Crippen LogP contribution in [-0.4, -0.2) is 30.9 Å². The summed E-state index contributed by atoms with van der Waals surface area (Å²) in [6.45, 7) is 1.88. The third kappa shape index (κ3) is 4.64. The van der Waals surface area contributed by atoms with Gasteiger partial charge in [-0.3, -0.25) is 0 Å². The van der Waals surface area contributed by atoms with E-state index in [2.05, 4.69) is 10.2 Å². The number of nitro groups is 1. The summed E-state index contributed by atoms with van der Waals surface area (Å²) < 4.78 is 10.4. The number of guanidine groups is 1. The van der Waals surface area contributed by atoms with Crippen LogP contribution in [0.4, 0.5) is 0 Å². The van der Waals surface area contributed by atoms with Gasteiger partial charge in [-0.1, -0.05) is 12.3 Å². The minimum absolute atomic E-state index is 0.397. The fourth-order valence-corrected chi connectivity index (χ4v) is 1.58. The molecule has 3 N–H and O–H groups in total. The lowest BCUT2D eigenvalue weighted by Gasteiger charge is -2.09. The molecular weight excluding hydrogens is 278 g/mol. The van der Waals surface area contributed by atoms with Crippen molar-refractivity contribution in [1.82, 2.24) is 5.43 Å². The van der Waals surface area contributed by atoms with Crippen LogP contribution in [0.2, 0.25) is 0 Å². The van der Waals surface area contributed by atoms with Gasteiger partial charge in [-0.2, -0.15) is 5.10 Å². The third-order valence-corrected chi connectivity index (χ3v) is 2.54. The van der Waals surface area contributed by atoms with Crippen LogP contribution in [0.25, 0.3) is 0 Å². The Kier molecular flexibility index (Phi) is 5.93. The molecule has 1 rings (SSSR count). The molecule has 9 nitrogen and oxygen atoms in total. The van der Waals surface area contributed by atoms with Gasteiger partial charge in [0, 0.05) is 5.56 Å². The van der Waals surface area contributed by atoms with Crippen LogP contribution >= 0.6 is 0 Å². The quantitative estimate of drug-likeness (QED) is 0.348. The van der Waals surface area contributed by atoms with Crippen molar-refractivity contribution in [3.05, 3.63) is 33.9 Å². The Hall–Kier alpha value is -2.84. The fraction of sp³-hybridized carbons (Fsp3) is 0.333. The number of nitrogens with one attached hydrogen (secondary N) is 1. The summed E-state index contributed by atoms with van der Waals surface area (Å²) in [5.41, 5.74) is 8.37. The van der Waals surface area contributed by atoms with Crippen LogP contribution < -0.4 is 20.6 Å². The molecule has 0 heterocycles. The van der Waals surface area contributed by atoms with E-state index in [1.165, 1.54) is 7.11 Å². The molecule has 0 atom stereocenters. The summed E-state index contributed by atoms with van der Waals surface area (Å²) in [5.74, 6) is 0.748. The van der Waals surface area contributed by atoms with Gasteiger partial charge < -0.3 is 15.2 Å².